The van der Waals surface area contributed by atoms with Crippen LogP contribution < -0.4 is 10.1 Å². The predicted molar refractivity (Wildman–Crippen MR) is 110 cm³/mol. The maximum absolute atomic E-state index is 13.4. The van der Waals surface area contributed by atoms with Crippen LogP contribution in [0.5, 0.6) is 5.75 Å². The molecule has 0 saturated heterocycles. The van der Waals surface area contributed by atoms with Crippen LogP contribution in [0.1, 0.15) is 41.5 Å². The normalized spacial score (nSPS) is 20.7. The standard InChI is InChI=1S/C23H22N4O2/c1-14-5-3-4-6-18(14)16-11-19-21(20(28)12-16)22(27-23(26-19)24-13-25-27)15-7-9-17(29-2)10-8-15/h3-10,13,16,22H,11-12H2,1-2H3,(H,24,25,26)/t16-,22+/m0/s1. The molecule has 2 aliphatic rings. The van der Waals surface area contributed by atoms with Gasteiger partial charge in [0.1, 0.15) is 18.1 Å². The maximum Gasteiger partial charge on any atom is 0.226 e. The molecule has 0 radical (unpaired) electrons. The SMILES string of the molecule is COc1ccc([C@@H]2C3=C(C[C@H](c4ccccc4C)CC3=O)Nc3ncnn32)cc1. The monoisotopic (exact) mass is 386 g/mol. The number of nitrogens with one attached hydrogen (secondary N) is 1. The van der Waals surface area contributed by atoms with Crippen molar-refractivity contribution < 1.29 is 9.53 Å². The Kier molecular flexibility index (Phi) is 4.19. The summed E-state index contributed by atoms with van der Waals surface area (Å²) in [4.78, 5) is 17.7. The number of ketones is 1. The highest BCUT2D eigenvalue weighted by Crippen LogP contribution is 2.44. The van der Waals surface area contributed by atoms with E-state index in [0.29, 0.717) is 12.4 Å². The summed E-state index contributed by atoms with van der Waals surface area (Å²) < 4.78 is 7.09. The van der Waals surface area contributed by atoms with E-state index < -0.39 is 0 Å². The quantitative estimate of drug-likeness (QED) is 0.737. The van der Waals surface area contributed by atoms with Crippen LogP contribution in [0.25, 0.3) is 0 Å². The minimum atomic E-state index is -0.278. The third-order valence-corrected chi connectivity index (χ3v) is 5.92. The van der Waals surface area contributed by atoms with E-state index in [-0.39, 0.29) is 17.7 Å². The van der Waals surface area contributed by atoms with Gasteiger partial charge in [-0.1, -0.05) is 36.4 Å². The fraction of sp³-hybridized carbons (Fsp3) is 0.261. The van der Waals surface area contributed by atoms with Gasteiger partial charge in [0.15, 0.2) is 5.78 Å². The van der Waals surface area contributed by atoms with E-state index in [9.17, 15) is 4.79 Å². The average Bonchev–Trinajstić information content (AvgIpc) is 3.20. The molecule has 3 aromatic rings. The lowest BCUT2D eigenvalue weighted by atomic mass is 9.77. The Balaban J connectivity index is 1.59. The second-order valence-electron chi connectivity index (χ2n) is 7.61. The molecular weight excluding hydrogens is 364 g/mol. The molecule has 5 rings (SSSR count). The minimum absolute atomic E-state index is 0.161. The summed E-state index contributed by atoms with van der Waals surface area (Å²) in [6.07, 6.45) is 2.81. The Hall–Kier alpha value is -3.41. The van der Waals surface area contributed by atoms with Gasteiger partial charge in [-0.25, -0.2) is 4.68 Å². The molecule has 1 aliphatic carbocycles. The van der Waals surface area contributed by atoms with Gasteiger partial charge in [0.25, 0.3) is 0 Å². The molecule has 0 spiro atoms. The van der Waals surface area contributed by atoms with Crippen molar-refractivity contribution in [2.75, 3.05) is 12.4 Å². The molecule has 0 fully saturated rings. The zero-order valence-electron chi connectivity index (χ0n) is 16.4. The number of hydrogen-bond acceptors (Lipinski definition) is 5. The fourth-order valence-electron chi connectivity index (χ4n) is 4.51. The van der Waals surface area contributed by atoms with Gasteiger partial charge in [0.2, 0.25) is 5.95 Å². The van der Waals surface area contributed by atoms with Crippen LogP contribution in [-0.2, 0) is 4.79 Å². The van der Waals surface area contributed by atoms with E-state index >= 15 is 0 Å². The number of hydrogen-bond donors (Lipinski definition) is 1. The molecular formula is C23H22N4O2. The first-order valence-corrected chi connectivity index (χ1v) is 9.78. The molecule has 0 bridgehead atoms. The summed E-state index contributed by atoms with van der Waals surface area (Å²) in [6, 6.07) is 15.9. The highest BCUT2D eigenvalue weighted by molar-refractivity contribution is 6.00. The topological polar surface area (TPSA) is 69.0 Å². The third kappa shape index (κ3) is 2.92. The van der Waals surface area contributed by atoms with Gasteiger partial charge < -0.3 is 10.1 Å². The van der Waals surface area contributed by atoms with Crippen LogP contribution >= 0.6 is 0 Å². The summed E-state index contributed by atoms with van der Waals surface area (Å²) in [5.74, 6) is 1.78. The van der Waals surface area contributed by atoms with Crippen molar-refractivity contribution in [1.29, 1.82) is 0 Å². The van der Waals surface area contributed by atoms with Crippen molar-refractivity contribution in [3.05, 3.63) is 82.8 Å². The van der Waals surface area contributed by atoms with Crippen molar-refractivity contribution >= 4 is 11.7 Å². The van der Waals surface area contributed by atoms with Crippen LogP contribution in [0.4, 0.5) is 5.95 Å². The van der Waals surface area contributed by atoms with Gasteiger partial charge in [-0.3, -0.25) is 4.79 Å². The molecule has 6 nitrogen and oxygen atoms in total. The van der Waals surface area contributed by atoms with Gasteiger partial charge in [-0.2, -0.15) is 10.1 Å². The van der Waals surface area contributed by atoms with Crippen molar-refractivity contribution in [3.63, 3.8) is 0 Å². The number of benzene rings is 2. The van der Waals surface area contributed by atoms with Gasteiger partial charge in [-0.15, -0.1) is 0 Å². The number of nitrogens with zero attached hydrogens (tertiary/aromatic N) is 3. The number of fused-ring (bicyclic) bond motifs is 1. The van der Waals surface area contributed by atoms with Crippen molar-refractivity contribution in [2.24, 2.45) is 0 Å². The average molecular weight is 386 g/mol. The van der Waals surface area contributed by atoms with Crippen molar-refractivity contribution in [3.8, 4) is 5.75 Å². The number of allylic oxidation sites excluding steroid dienone is 2. The largest absolute Gasteiger partial charge is 0.497 e. The molecule has 0 unspecified atom stereocenters. The lowest BCUT2D eigenvalue weighted by Crippen LogP contribution is -2.33. The number of carbonyl (C=O) groups excluding carboxylic acids is 1. The number of aryl methyl sites for hydroxylation is 1. The number of carbonyl (C=O) groups is 1. The lowest BCUT2D eigenvalue weighted by Gasteiger charge is -2.35. The molecule has 146 valence electrons. The molecule has 1 N–H and O–H groups in total. The molecule has 1 aliphatic heterocycles. The third-order valence-electron chi connectivity index (χ3n) is 5.92. The lowest BCUT2D eigenvalue weighted by molar-refractivity contribution is -0.116. The Morgan fingerprint density at radius 3 is 2.66 bits per heavy atom. The van der Waals surface area contributed by atoms with Gasteiger partial charge in [0, 0.05) is 17.7 Å². The Morgan fingerprint density at radius 1 is 1.10 bits per heavy atom. The number of rotatable bonds is 3. The zero-order valence-corrected chi connectivity index (χ0v) is 16.4. The molecule has 6 heteroatoms. The van der Waals surface area contributed by atoms with Crippen LogP contribution in [0.15, 0.2) is 66.1 Å². The van der Waals surface area contributed by atoms with Crippen molar-refractivity contribution in [2.45, 2.75) is 31.7 Å². The second-order valence-corrected chi connectivity index (χ2v) is 7.61. The summed E-state index contributed by atoms with van der Waals surface area (Å²) in [6.45, 7) is 2.11. The van der Waals surface area contributed by atoms with E-state index in [1.54, 1.807) is 11.8 Å². The van der Waals surface area contributed by atoms with Gasteiger partial charge in [-0.05, 0) is 48.1 Å². The van der Waals surface area contributed by atoms with Crippen LogP contribution in [0, 0.1) is 6.92 Å². The van der Waals surface area contributed by atoms with E-state index in [4.69, 9.17) is 4.74 Å². The number of ether oxygens (including phenoxy) is 1. The molecule has 0 saturated carbocycles. The van der Waals surface area contributed by atoms with Gasteiger partial charge >= 0.3 is 0 Å². The number of methoxy groups -OCH3 is 1. The van der Waals surface area contributed by atoms with E-state index in [2.05, 4.69) is 34.5 Å². The van der Waals surface area contributed by atoms with Gasteiger partial charge in [0.05, 0.1) is 7.11 Å². The van der Waals surface area contributed by atoms with Crippen molar-refractivity contribution in [1.82, 2.24) is 14.8 Å². The molecule has 2 heterocycles. The fourth-order valence-corrected chi connectivity index (χ4v) is 4.51. The molecule has 2 atom stereocenters. The number of anilines is 1. The zero-order chi connectivity index (χ0) is 20.0. The minimum Gasteiger partial charge on any atom is -0.497 e. The summed E-state index contributed by atoms with van der Waals surface area (Å²) in [5.41, 5.74) is 5.20. The van der Waals surface area contributed by atoms with Crippen LogP contribution in [0.3, 0.4) is 0 Å². The Labute approximate surface area is 169 Å². The summed E-state index contributed by atoms with van der Waals surface area (Å²) in [7, 11) is 1.64. The molecule has 29 heavy (non-hydrogen) atoms. The highest BCUT2D eigenvalue weighted by Gasteiger charge is 2.39. The van der Waals surface area contributed by atoms with Crippen LogP contribution in [0.2, 0.25) is 0 Å². The van der Waals surface area contributed by atoms with E-state index in [1.807, 2.05) is 36.4 Å². The number of Topliss-reactive ketones (excluding diaryl/α,β-unsaturated/α-hetero) is 1. The number of aromatic nitrogens is 3. The highest BCUT2D eigenvalue weighted by atomic mass is 16.5. The first-order chi connectivity index (χ1) is 14.2. The van der Waals surface area contributed by atoms with Crippen LogP contribution in [-0.4, -0.2) is 27.7 Å². The Morgan fingerprint density at radius 2 is 1.90 bits per heavy atom. The smallest absolute Gasteiger partial charge is 0.226 e. The molecule has 1 aromatic heterocycles. The molecule has 2 aromatic carbocycles. The summed E-state index contributed by atoms with van der Waals surface area (Å²) >= 11 is 0. The Bertz CT molecular complexity index is 1110. The first kappa shape index (κ1) is 17.7. The molecule has 0 amide bonds. The predicted octanol–water partition coefficient (Wildman–Crippen LogP) is 4.01. The maximum atomic E-state index is 13.4. The van der Waals surface area contributed by atoms with E-state index in [0.717, 1.165) is 29.0 Å². The first-order valence-electron chi connectivity index (χ1n) is 9.78. The summed E-state index contributed by atoms with van der Waals surface area (Å²) in [5, 5.41) is 7.77. The van der Waals surface area contributed by atoms with E-state index in [1.165, 1.54) is 17.5 Å². The second kappa shape index (κ2) is 6.88.